The molecule has 0 bridgehead atoms. The van der Waals surface area contributed by atoms with Crippen molar-refractivity contribution in [3.63, 3.8) is 0 Å². The molecule has 0 aromatic rings. The summed E-state index contributed by atoms with van der Waals surface area (Å²) in [7, 11) is -3.01. The molecule has 1 rings (SSSR count). The molecule has 1 saturated heterocycles. The minimum absolute atomic E-state index is 0.0490. The van der Waals surface area contributed by atoms with Crippen molar-refractivity contribution < 1.29 is 13.5 Å². The highest BCUT2D eigenvalue weighted by atomic mass is 32.2. The normalized spacial score (nSPS) is 30.5. The summed E-state index contributed by atoms with van der Waals surface area (Å²) in [6.45, 7) is 5.94. The fourth-order valence-corrected chi connectivity index (χ4v) is 4.00. The van der Waals surface area contributed by atoms with Crippen molar-refractivity contribution in [2.45, 2.75) is 45.0 Å². The van der Waals surface area contributed by atoms with Crippen LogP contribution in [0.1, 0.15) is 33.6 Å². The monoisotopic (exact) mass is 220 g/mol. The van der Waals surface area contributed by atoms with Gasteiger partial charge in [-0.05, 0) is 24.7 Å². The van der Waals surface area contributed by atoms with Gasteiger partial charge in [-0.3, -0.25) is 0 Å². The molecule has 1 heterocycles. The smallest absolute Gasteiger partial charge is 0.155 e. The molecule has 3 nitrogen and oxygen atoms in total. The predicted octanol–water partition coefficient (Wildman–Crippen LogP) is 1.22. The number of sulfone groups is 1. The zero-order valence-corrected chi connectivity index (χ0v) is 9.92. The standard InChI is InChI=1S/C10H20O3S/c1-7(2)8(3)10(11)9-5-4-6-14(9,12)13/h7-11H,4-6H2,1-3H3. The Labute approximate surface area is 86.4 Å². The van der Waals surface area contributed by atoms with Crippen molar-refractivity contribution >= 4 is 9.84 Å². The molecule has 0 radical (unpaired) electrons. The van der Waals surface area contributed by atoms with Gasteiger partial charge in [0.1, 0.15) is 0 Å². The highest BCUT2D eigenvalue weighted by Gasteiger charge is 2.39. The molecule has 1 N–H and O–H groups in total. The van der Waals surface area contributed by atoms with Gasteiger partial charge in [0.15, 0.2) is 9.84 Å². The molecular weight excluding hydrogens is 200 g/mol. The van der Waals surface area contributed by atoms with Crippen LogP contribution in [0.2, 0.25) is 0 Å². The first-order valence-electron chi connectivity index (χ1n) is 5.26. The molecule has 0 amide bonds. The number of aliphatic hydroxyl groups is 1. The average molecular weight is 220 g/mol. The van der Waals surface area contributed by atoms with Crippen LogP contribution in [0.25, 0.3) is 0 Å². The largest absolute Gasteiger partial charge is 0.391 e. The molecule has 1 fully saturated rings. The van der Waals surface area contributed by atoms with E-state index >= 15 is 0 Å². The zero-order valence-electron chi connectivity index (χ0n) is 9.10. The van der Waals surface area contributed by atoms with Gasteiger partial charge < -0.3 is 5.11 Å². The number of rotatable bonds is 3. The molecule has 1 aliphatic heterocycles. The molecule has 14 heavy (non-hydrogen) atoms. The van der Waals surface area contributed by atoms with Crippen LogP contribution >= 0.6 is 0 Å². The van der Waals surface area contributed by atoms with Gasteiger partial charge in [-0.25, -0.2) is 8.42 Å². The Morgan fingerprint density at radius 3 is 2.21 bits per heavy atom. The molecule has 0 aromatic heterocycles. The first kappa shape index (κ1) is 12.0. The maximum absolute atomic E-state index is 11.6. The molecule has 3 atom stereocenters. The van der Waals surface area contributed by atoms with Crippen LogP contribution in [0.5, 0.6) is 0 Å². The summed E-state index contributed by atoms with van der Waals surface area (Å²) in [6, 6.07) is 0. The lowest BCUT2D eigenvalue weighted by atomic mass is 9.89. The highest BCUT2D eigenvalue weighted by Crippen LogP contribution is 2.29. The Kier molecular flexibility index (Phi) is 3.58. The van der Waals surface area contributed by atoms with E-state index in [0.717, 1.165) is 0 Å². The summed E-state index contributed by atoms with van der Waals surface area (Å²) in [4.78, 5) is 0. The zero-order chi connectivity index (χ0) is 10.9. The van der Waals surface area contributed by atoms with Crippen LogP contribution in [0.15, 0.2) is 0 Å². The summed E-state index contributed by atoms with van der Waals surface area (Å²) in [5.74, 6) is 0.619. The summed E-state index contributed by atoms with van der Waals surface area (Å²) in [5, 5.41) is 9.43. The second-order valence-corrected chi connectivity index (χ2v) is 6.98. The van der Waals surface area contributed by atoms with Crippen molar-refractivity contribution in [2.75, 3.05) is 5.75 Å². The van der Waals surface area contributed by atoms with E-state index in [1.807, 2.05) is 20.8 Å². The molecule has 84 valence electrons. The van der Waals surface area contributed by atoms with Gasteiger partial charge in [0.2, 0.25) is 0 Å². The topological polar surface area (TPSA) is 54.4 Å². The maximum atomic E-state index is 11.6. The lowest BCUT2D eigenvalue weighted by Gasteiger charge is -2.26. The van der Waals surface area contributed by atoms with E-state index in [9.17, 15) is 13.5 Å². The second kappa shape index (κ2) is 4.19. The van der Waals surface area contributed by atoms with E-state index in [-0.39, 0.29) is 11.7 Å². The Morgan fingerprint density at radius 2 is 1.86 bits per heavy atom. The second-order valence-electron chi connectivity index (χ2n) is 4.64. The van der Waals surface area contributed by atoms with Crippen molar-refractivity contribution in [1.29, 1.82) is 0 Å². The van der Waals surface area contributed by atoms with Crippen LogP contribution in [-0.2, 0) is 9.84 Å². The van der Waals surface area contributed by atoms with E-state index in [1.165, 1.54) is 0 Å². The third kappa shape index (κ3) is 2.28. The first-order valence-corrected chi connectivity index (χ1v) is 6.97. The van der Waals surface area contributed by atoms with E-state index in [0.29, 0.717) is 18.8 Å². The van der Waals surface area contributed by atoms with E-state index < -0.39 is 21.2 Å². The van der Waals surface area contributed by atoms with Crippen LogP contribution in [-0.4, -0.2) is 30.6 Å². The van der Waals surface area contributed by atoms with Crippen molar-refractivity contribution in [3.05, 3.63) is 0 Å². The number of aliphatic hydroxyl groups excluding tert-OH is 1. The van der Waals surface area contributed by atoms with Gasteiger partial charge in [0.05, 0.1) is 17.1 Å². The van der Waals surface area contributed by atoms with Gasteiger partial charge in [-0.15, -0.1) is 0 Å². The molecule has 3 unspecified atom stereocenters. The molecule has 0 aliphatic carbocycles. The van der Waals surface area contributed by atoms with Crippen LogP contribution in [0.4, 0.5) is 0 Å². The van der Waals surface area contributed by atoms with E-state index in [4.69, 9.17) is 0 Å². The molecule has 1 aliphatic rings. The fourth-order valence-electron chi connectivity index (χ4n) is 1.93. The van der Waals surface area contributed by atoms with Gasteiger partial charge >= 0.3 is 0 Å². The van der Waals surface area contributed by atoms with Gasteiger partial charge in [0, 0.05) is 0 Å². The van der Waals surface area contributed by atoms with Crippen molar-refractivity contribution in [3.8, 4) is 0 Å². The Hall–Kier alpha value is -0.0900. The molecule has 0 saturated carbocycles. The SMILES string of the molecule is CC(C)C(C)C(O)C1CCCS1(=O)=O. The third-order valence-corrected chi connectivity index (χ3v) is 5.64. The molecular formula is C10H20O3S. The third-order valence-electron chi connectivity index (χ3n) is 3.35. The average Bonchev–Trinajstić information content (AvgIpc) is 2.42. The van der Waals surface area contributed by atoms with Crippen LogP contribution in [0.3, 0.4) is 0 Å². The predicted molar refractivity (Wildman–Crippen MR) is 56.8 cm³/mol. The van der Waals surface area contributed by atoms with E-state index in [2.05, 4.69) is 0 Å². The Balaban J connectivity index is 2.74. The van der Waals surface area contributed by atoms with E-state index in [1.54, 1.807) is 0 Å². The lowest BCUT2D eigenvalue weighted by Crippen LogP contribution is -2.37. The Bertz CT molecular complexity index is 282. The fraction of sp³-hybridized carbons (Fsp3) is 1.00. The number of hydrogen-bond acceptors (Lipinski definition) is 3. The first-order chi connectivity index (χ1) is 6.36. The highest BCUT2D eigenvalue weighted by molar-refractivity contribution is 7.92. The van der Waals surface area contributed by atoms with Crippen molar-refractivity contribution in [1.82, 2.24) is 0 Å². The summed E-state index contributed by atoms with van der Waals surface area (Å²) < 4.78 is 23.1. The summed E-state index contributed by atoms with van der Waals surface area (Å²) in [6.07, 6.45) is 0.637. The van der Waals surface area contributed by atoms with Gasteiger partial charge in [-0.1, -0.05) is 20.8 Å². The van der Waals surface area contributed by atoms with Crippen LogP contribution < -0.4 is 0 Å². The van der Waals surface area contributed by atoms with Gasteiger partial charge in [-0.2, -0.15) is 0 Å². The minimum atomic E-state index is -3.01. The Morgan fingerprint density at radius 1 is 1.29 bits per heavy atom. The summed E-state index contributed by atoms with van der Waals surface area (Å²) in [5.41, 5.74) is 0. The molecule has 4 heteroatoms. The van der Waals surface area contributed by atoms with Crippen LogP contribution in [0, 0.1) is 11.8 Å². The lowest BCUT2D eigenvalue weighted by molar-refractivity contribution is 0.0868. The quantitative estimate of drug-likeness (QED) is 0.778. The van der Waals surface area contributed by atoms with Crippen molar-refractivity contribution in [2.24, 2.45) is 11.8 Å². The van der Waals surface area contributed by atoms with Gasteiger partial charge in [0.25, 0.3) is 0 Å². The summed E-state index contributed by atoms with van der Waals surface area (Å²) >= 11 is 0. The molecule has 0 aromatic carbocycles. The maximum Gasteiger partial charge on any atom is 0.155 e. The number of hydrogen-bond donors (Lipinski definition) is 1. The molecule has 0 spiro atoms. The minimum Gasteiger partial charge on any atom is -0.391 e.